The van der Waals surface area contributed by atoms with Crippen LogP contribution in [0, 0.1) is 5.92 Å². The van der Waals surface area contributed by atoms with Crippen LogP contribution in [0.25, 0.3) is 0 Å². The molecule has 4 rings (SSSR count). The first-order valence-electron chi connectivity index (χ1n) is 12.2. The number of hydrogen-bond acceptors (Lipinski definition) is 8. The average molecular weight is 544 g/mol. The number of esters is 1. The monoisotopic (exact) mass is 543 g/mol. The summed E-state index contributed by atoms with van der Waals surface area (Å²) in [6.07, 6.45) is 0.709. The molecule has 0 bridgehead atoms. The van der Waals surface area contributed by atoms with E-state index in [2.05, 4.69) is 10.1 Å². The molecule has 1 aliphatic heterocycles. The standard InChI is InChI=1S/C26H30N3O8P/c1-18-15-22(36-24(18)29-14-13-23(30)27-26(29)32)17-35-38(33,37-21-11-7-4-8-12-21)28-19(2)25(31)34-16-20-9-5-3-6-10-20/h3-14,18-19,22,24H,15-17H2,1-2H3,(H,28,33)(H,27,30,32)/t18-,19+,22-,24+,38-/m0/s1. The van der Waals surface area contributed by atoms with E-state index in [-0.39, 0.29) is 24.9 Å². The zero-order chi connectivity index (χ0) is 27.1. The van der Waals surface area contributed by atoms with Crippen LogP contribution >= 0.6 is 7.75 Å². The zero-order valence-electron chi connectivity index (χ0n) is 21.0. The maximum atomic E-state index is 13.7. The van der Waals surface area contributed by atoms with Gasteiger partial charge in [-0.05, 0) is 31.0 Å². The molecule has 202 valence electrons. The molecule has 1 aromatic heterocycles. The van der Waals surface area contributed by atoms with Crippen molar-refractivity contribution in [3.63, 3.8) is 0 Å². The van der Waals surface area contributed by atoms with E-state index in [4.69, 9.17) is 18.5 Å². The van der Waals surface area contributed by atoms with Gasteiger partial charge in [0.05, 0.1) is 12.7 Å². The van der Waals surface area contributed by atoms with Gasteiger partial charge in [0.2, 0.25) is 0 Å². The number of para-hydroxylation sites is 1. The Labute approximate surface area is 219 Å². The molecule has 12 heteroatoms. The van der Waals surface area contributed by atoms with E-state index < -0.39 is 43.3 Å². The third-order valence-corrected chi connectivity index (χ3v) is 7.55. The number of benzene rings is 2. The van der Waals surface area contributed by atoms with Gasteiger partial charge in [0, 0.05) is 18.2 Å². The smallest absolute Gasteiger partial charge is 0.459 e. The van der Waals surface area contributed by atoms with Crippen LogP contribution < -0.4 is 20.9 Å². The molecule has 38 heavy (non-hydrogen) atoms. The van der Waals surface area contributed by atoms with Crippen molar-refractivity contribution in [2.45, 2.75) is 45.2 Å². The van der Waals surface area contributed by atoms with Gasteiger partial charge in [0.1, 0.15) is 24.6 Å². The van der Waals surface area contributed by atoms with Crippen molar-refractivity contribution < 1.29 is 27.9 Å². The summed E-state index contributed by atoms with van der Waals surface area (Å²) in [5.41, 5.74) is -0.270. The molecule has 0 radical (unpaired) electrons. The Bertz CT molecular complexity index is 1380. The summed E-state index contributed by atoms with van der Waals surface area (Å²) < 4.78 is 37.8. The molecule has 3 aromatic rings. The SMILES string of the molecule is C[C@@H](N[P@](=O)(OC[C@@H]1C[C@H](C)[C@H](n2ccc(=O)[nH]c2=O)O1)Oc1ccccc1)C(=O)OCc1ccccc1. The first-order valence-corrected chi connectivity index (χ1v) is 13.7. The van der Waals surface area contributed by atoms with E-state index in [0.29, 0.717) is 6.42 Å². The highest BCUT2D eigenvalue weighted by Crippen LogP contribution is 2.46. The third-order valence-electron chi connectivity index (χ3n) is 5.91. The van der Waals surface area contributed by atoms with Crippen molar-refractivity contribution in [1.82, 2.24) is 14.6 Å². The maximum Gasteiger partial charge on any atom is 0.459 e. The van der Waals surface area contributed by atoms with Gasteiger partial charge in [0.25, 0.3) is 5.56 Å². The van der Waals surface area contributed by atoms with Gasteiger partial charge in [-0.15, -0.1) is 0 Å². The van der Waals surface area contributed by atoms with Crippen LogP contribution in [0.1, 0.15) is 32.1 Å². The molecule has 2 aromatic carbocycles. The Hall–Kier alpha value is -3.50. The fourth-order valence-corrected chi connectivity index (χ4v) is 5.55. The minimum Gasteiger partial charge on any atom is -0.460 e. The highest BCUT2D eigenvalue weighted by molar-refractivity contribution is 7.52. The number of ether oxygens (including phenoxy) is 2. The molecule has 0 amide bonds. The average Bonchev–Trinajstić information content (AvgIpc) is 3.27. The molecule has 0 spiro atoms. The van der Waals surface area contributed by atoms with Crippen LogP contribution in [0.5, 0.6) is 5.75 Å². The zero-order valence-corrected chi connectivity index (χ0v) is 21.9. The Morgan fingerprint density at radius 1 is 1.13 bits per heavy atom. The fourth-order valence-electron chi connectivity index (χ4n) is 4.03. The number of carbonyl (C=O) groups excluding carboxylic acids is 1. The van der Waals surface area contributed by atoms with E-state index in [1.54, 1.807) is 30.3 Å². The van der Waals surface area contributed by atoms with Crippen LogP contribution in [-0.2, 0) is 30.0 Å². The molecule has 11 nitrogen and oxygen atoms in total. The van der Waals surface area contributed by atoms with Gasteiger partial charge in [-0.3, -0.25) is 23.7 Å². The molecular weight excluding hydrogens is 513 g/mol. The van der Waals surface area contributed by atoms with Crippen molar-refractivity contribution in [3.8, 4) is 5.75 Å². The molecule has 5 atom stereocenters. The molecule has 0 saturated carbocycles. The normalized spacial score (nSPS) is 21.4. The van der Waals surface area contributed by atoms with E-state index in [0.717, 1.165) is 5.56 Å². The summed E-state index contributed by atoms with van der Waals surface area (Å²) >= 11 is 0. The number of aromatic amines is 1. The van der Waals surface area contributed by atoms with E-state index in [1.165, 1.54) is 23.8 Å². The molecule has 0 unspecified atom stereocenters. The van der Waals surface area contributed by atoms with E-state index in [9.17, 15) is 18.9 Å². The molecule has 2 N–H and O–H groups in total. The van der Waals surface area contributed by atoms with Crippen molar-refractivity contribution >= 4 is 13.7 Å². The van der Waals surface area contributed by atoms with E-state index in [1.807, 2.05) is 37.3 Å². The summed E-state index contributed by atoms with van der Waals surface area (Å²) in [4.78, 5) is 38.4. The molecule has 0 aliphatic carbocycles. The van der Waals surface area contributed by atoms with Crippen molar-refractivity contribution in [2.24, 2.45) is 5.92 Å². The number of rotatable bonds is 11. The van der Waals surface area contributed by atoms with Crippen molar-refractivity contribution in [1.29, 1.82) is 0 Å². The molecular formula is C26H30N3O8P. The van der Waals surface area contributed by atoms with Crippen LogP contribution in [0.2, 0.25) is 0 Å². The molecule has 2 heterocycles. The number of hydrogen-bond donors (Lipinski definition) is 2. The Morgan fingerprint density at radius 2 is 1.82 bits per heavy atom. The second-order valence-corrected chi connectivity index (χ2v) is 10.7. The maximum absolute atomic E-state index is 13.7. The predicted molar refractivity (Wildman–Crippen MR) is 138 cm³/mol. The molecule has 1 saturated heterocycles. The summed E-state index contributed by atoms with van der Waals surface area (Å²) in [5, 5.41) is 2.66. The number of aromatic nitrogens is 2. The van der Waals surface area contributed by atoms with E-state index >= 15 is 0 Å². The lowest BCUT2D eigenvalue weighted by Gasteiger charge is -2.24. The number of nitrogens with one attached hydrogen (secondary N) is 2. The highest BCUT2D eigenvalue weighted by Gasteiger charge is 2.38. The van der Waals surface area contributed by atoms with Crippen LogP contribution in [0.4, 0.5) is 0 Å². The topological polar surface area (TPSA) is 138 Å². The summed E-state index contributed by atoms with van der Waals surface area (Å²) in [6, 6.07) is 17.9. The predicted octanol–water partition coefficient (Wildman–Crippen LogP) is 3.39. The Kier molecular flexibility index (Phi) is 8.96. The van der Waals surface area contributed by atoms with Crippen LogP contribution in [-0.4, -0.2) is 34.3 Å². The van der Waals surface area contributed by atoms with Crippen molar-refractivity contribution in [3.05, 3.63) is 99.3 Å². The number of nitrogens with zero attached hydrogens (tertiary/aromatic N) is 1. The van der Waals surface area contributed by atoms with Gasteiger partial charge in [-0.25, -0.2) is 9.36 Å². The third kappa shape index (κ3) is 7.29. The lowest BCUT2D eigenvalue weighted by atomic mass is 10.1. The van der Waals surface area contributed by atoms with Crippen molar-refractivity contribution in [2.75, 3.05) is 6.61 Å². The lowest BCUT2D eigenvalue weighted by Crippen LogP contribution is -2.35. The largest absolute Gasteiger partial charge is 0.460 e. The first-order chi connectivity index (χ1) is 18.2. The number of carbonyl (C=O) groups is 1. The quantitative estimate of drug-likeness (QED) is 0.275. The van der Waals surface area contributed by atoms with Crippen LogP contribution in [0.15, 0.2) is 82.5 Å². The summed E-state index contributed by atoms with van der Waals surface area (Å²) in [6.45, 7) is 3.33. The minimum atomic E-state index is -4.07. The Balaban J connectivity index is 1.41. The van der Waals surface area contributed by atoms with Gasteiger partial charge >= 0.3 is 19.4 Å². The van der Waals surface area contributed by atoms with Crippen LogP contribution in [0.3, 0.4) is 0 Å². The molecule has 1 fully saturated rings. The second-order valence-electron chi connectivity index (χ2n) is 9.02. The van der Waals surface area contributed by atoms with Gasteiger partial charge < -0.3 is 14.0 Å². The van der Waals surface area contributed by atoms with Gasteiger partial charge in [-0.1, -0.05) is 55.5 Å². The number of H-pyrrole nitrogens is 1. The second kappa shape index (κ2) is 12.4. The summed E-state index contributed by atoms with van der Waals surface area (Å²) in [5.74, 6) is -0.439. The Morgan fingerprint density at radius 3 is 2.50 bits per heavy atom. The first kappa shape index (κ1) is 27.5. The molecule has 1 aliphatic rings. The highest BCUT2D eigenvalue weighted by atomic mass is 31.2. The summed E-state index contributed by atoms with van der Waals surface area (Å²) in [7, 11) is -4.07. The van der Waals surface area contributed by atoms with Gasteiger partial charge in [0.15, 0.2) is 0 Å². The lowest BCUT2D eigenvalue weighted by molar-refractivity contribution is -0.146. The van der Waals surface area contributed by atoms with Gasteiger partial charge in [-0.2, -0.15) is 5.09 Å². The fraction of sp³-hybridized carbons (Fsp3) is 0.346. The minimum absolute atomic E-state index is 0.0652.